The molecule has 2 N–H and O–H groups in total. The van der Waals surface area contributed by atoms with E-state index >= 15 is 0 Å². The lowest BCUT2D eigenvalue weighted by atomic mass is 9.99. The van der Waals surface area contributed by atoms with E-state index in [-0.39, 0.29) is 6.04 Å². The highest BCUT2D eigenvalue weighted by Gasteiger charge is 2.27. The van der Waals surface area contributed by atoms with E-state index in [0.29, 0.717) is 22.5 Å². The van der Waals surface area contributed by atoms with E-state index in [9.17, 15) is 0 Å². The monoisotopic (exact) mass is 291 g/mol. The van der Waals surface area contributed by atoms with Crippen molar-refractivity contribution < 1.29 is 0 Å². The third-order valence-electron chi connectivity index (χ3n) is 4.23. The normalized spacial score (nSPS) is 17.5. The molecular formula is C14H18ClN5. The molecule has 1 saturated carbocycles. The lowest BCUT2D eigenvalue weighted by Gasteiger charge is -2.20. The maximum absolute atomic E-state index is 6.27. The van der Waals surface area contributed by atoms with E-state index in [2.05, 4.69) is 22.4 Å². The molecular weight excluding hydrogens is 274 g/mol. The second-order valence-corrected chi connectivity index (χ2v) is 5.84. The van der Waals surface area contributed by atoms with Crippen LogP contribution >= 0.6 is 11.6 Å². The van der Waals surface area contributed by atoms with Crippen molar-refractivity contribution in [1.29, 1.82) is 0 Å². The molecule has 0 spiro atoms. The lowest BCUT2D eigenvalue weighted by molar-refractivity contribution is 0.332. The zero-order valence-corrected chi connectivity index (χ0v) is 12.2. The van der Waals surface area contributed by atoms with E-state index in [1.165, 1.54) is 25.7 Å². The zero-order chi connectivity index (χ0) is 14.1. The van der Waals surface area contributed by atoms with Gasteiger partial charge < -0.3 is 5.73 Å². The van der Waals surface area contributed by atoms with Gasteiger partial charge in [0.05, 0.1) is 16.6 Å². The number of hydrogen-bond donors (Lipinski definition) is 1. The fourth-order valence-electron chi connectivity index (χ4n) is 3.05. The van der Waals surface area contributed by atoms with Gasteiger partial charge in [-0.25, -0.2) is 4.68 Å². The van der Waals surface area contributed by atoms with Gasteiger partial charge in [0.1, 0.15) is 0 Å². The topological polar surface area (TPSA) is 69.6 Å². The van der Waals surface area contributed by atoms with Gasteiger partial charge in [0.25, 0.3) is 0 Å². The number of nitrogen functional groups attached to an aromatic ring is 1. The van der Waals surface area contributed by atoms with Crippen molar-refractivity contribution in [1.82, 2.24) is 20.2 Å². The summed E-state index contributed by atoms with van der Waals surface area (Å²) in [5, 5.41) is 12.7. The quantitative estimate of drug-likeness (QED) is 0.881. The third-order valence-corrected chi connectivity index (χ3v) is 4.55. The lowest BCUT2D eigenvalue weighted by Crippen LogP contribution is -2.17. The van der Waals surface area contributed by atoms with Crippen LogP contribution in [0.4, 0.5) is 5.69 Å². The minimum Gasteiger partial charge on any atom is -0.398 e. The van der Waals surface area contributed by atoms with Crippen LogP contribution in [-0.4, -0.2) is 20.2 Å². The Morgan fingerprint density at radius 2 is 2.10 bits per heavy atom. The maximum atomic E-state index is 6.27. The Bertz CT molecular complexity index is 583. The highest BCUT2D eigenvalue weighted by Crippen LogP contribution is 2.37. The number of rotatable bonds is 3. The predicted octanol–water partition coefficient (Wildman–Crippen LogP) is 3.33. The van der Waals surface area contributed by atoms with Crippen LogP contribution in [0, 0.1) is 5.92 Å². The number of benzene rings is 1. The first kappa shape index (κ1) is 13.4. The molecule has 1 atom stereocenters. The van der Waals surface area contributed by atoms with E-state index in [1.807, 2.05) is 22.9 Å². The molecule has 1 unspecified atom stereocenters. The molecule has 1 aliphatic carbocycles. The number of halogens is 1. The molecule has 0 amide bonds. The van der Waals surface area contributed by atoms with Crippen molar-refractivity contribution in [2.45, 2.75) is 38.6 Å². The number of tetrazole rings is 1. The summed E-state index contributed by atoms with van der Waals surface area (Å²) in [6.45, 7) is 2.17. The smallest absolute Gasteiger partial charge is 0.185 e. The van der Waals surface area contributed by atoms with Gasteiger partial charge >= 0.3 is 0 Å². The van der Waals surface area contributed by atoms with Crippen LogP contribution in [0.3, 0.4) is 0 Å². The Labute approximate surface area is 123 Å². The van der Waals surface area contributed by atoms with E-state index in [0.717, 1.165) is 5.56 Å². The van der Waals surface area contributed by atoms with Crippen molar-refractivity contribution >= 4 is 17.3 Å². The average Bonchev–Trinajstić information content (AvgIpc) is 3.09. The predicted molar refractivity (Wildman–Crippen MR) is 79.3 cm³/mol. The number of anilines is 1. The Balaban J connectivity index is 2.01. The summed E-state index contributed by atoms with van der Waals surface area (Å²) in [5.41, 5.74) is 7.37. The van der Waals surface area contributed by atoms with E-state index in [1.54, 1.807) is 0 Å². The van der Waals surface area contributed by atoms with Crippen LogP contribution in [0.1, 0.15) is 38.6 Å². The Morgan fingerprint density at radius 1 is 1.35 bits per heavy atom. The van der Waals surface area contributed by atoms with Gasteiger partial charge in [-0.15, -0.1) is 5.10 Å². The van der Waals surface area contributed by atoms with Gasteiger partial charge in [-0.2, -0.15) is 0 Å². The fraction of sp³-hybridized carbons (Fsp3) is 0.500. The molecule has 1 aromatic carbocycles. The number of aromatic nitrogens is 4. The summed E-state index contributed by atoms with van der Waals surface area (Å²) in [5.74, 6) is 1.29. The molecule has 20 heavy (non-hydrogen) atoms. The molecule has 2 aromatic rings. The van der Waals surface area contributed by atoms with Crippen LogP contribution in [0.5, 0.6) is 0 Å². The molecule has 0 radical (unpaired) electrons. The van der Waals surface area contributed by atoms with Crippen LogP contribution < -0.4 is 5.73 Å². The average molecular weight is 292 g/mol. The first-order chi connectivity index (χ1) is 9.68. The fourth-order valence-corrected chi connectivity index (χ4v) is 3.32. The van der Waals surface area contributed by atoms with Crippen molar-refractivity contribution in [3.8, 4) is 11.4 Å². The minimum absolute atomic E-state index is 0.262. The molecule has 6 heteroatoms. The highest BCUT2D eigenvalue weighted by molar-refractivity contribution is 6.33. The van der Waals surface area contributed by atoms with E-state index < -0.39 is 0 Å². The third kappa shape index (κ3) is 2.26. The standard InChI is InChI=1S/C14H18ClN5/c1-9(10-5-2-3-6-10)20-14(17-18-19-20)13-11(15)7-4-8-12(13)16/h4,7-10H,2-3,5-6,16H2,1H3. The second-order valence-electron chi connectivity index (χ2n) is 5.44. The molecule has 1 fully saturated rings. The van der Waals surface area contributed by atoms with Crippen molar-refractivity contribution in [2.24, 2.45) is 5.92 Å². The van der Waals surface area contributed by atoms with Crippen molar-refractivity contribution in [2.75, 3.05) is 5.73 Å². The Hall–Kier alpha value is -1.62. The number of hydrogen-bond acceptors (Lipinski definition) is 4. The first-order valence-electron chi connectivity index (χ1n) is 7.00. The maximum Gasteiger partial charge on any atom is 0.185 e. The Kier molecular flexibility index (Phi) is 3.61. The summed E-state index contributed by atoms with van der Waals surface area (Å²) in [4.78, 5) is 0. The van der Waals surface area contributed by atoms with E-state index in [4.69, 9.17) is 17.3 Å². The molecule has 1 aliphatic rings. The minimum atomic E-state index is 0.262. The number of nitrogens with two attached hydrogens (primary N) is 1. The summed E-state index contributed by atoms with van der Waals surface area (Å²) in [6.07, 6.45) is 5.05. The molecule has 1 aromatic heterocycles. The summed E-state index contributed by atoms with van der Waals surface area (Å²) < 4.78 is 1.87. The molecule has 0 aliphatic heterocycles. The van der Waals surface area contributed by atoms with Crippen LogP contribution in [0.25, 0.3) is 11.4 Å². The van der Waals surface area contributed by atoms with Gasteiger partial charge in [-0.05, 0) is 48.2 Å². The SMILES string of the molecule is CC(C1CCCC1)n1nnnc1-c1c(N)cccc1Cl. The molecule has 5 nitrogen and oxygen atoms in total. The summed E-state index contributed by atoms with van der Waals surface area (Å²) in [6, 6.07) is 5.72. The zero-order valence-electron chi connectivity index (χ0n) is 11.5. The van der Waals surface area contributed by atoms with Gasteiger partial charge in [-0.3, -0.25) is 0 Å². The van der Waals surface area contributed by atoms with Gasteiger partial charge in [0.15, 0.2) is 5.82 Å². The van der Waals surface area contributed by atoms with Gasteiger partial charge in [0, 0.05) is 5.69 Å². The van der Waals surface area contributed by atoms with Crippen molar-refractivity contribution in [3.63, 3.8) is 0 Å². The van der Waals surface area contributed by atoms with Gasteiger partial charge in [-0.1, -0.05) is 30.5 Å². The number of nitrogens with zero attached hydrogens (tertiary/aromatic N) is 4. The Morgan fingerprint density at radius 3 is 2.80 bits per heavy atom. The molecule has 0 saturated heterocycles. The van der Waals surface area contributed by atoms with Crippen molar-refractivity contribution in [3.05, 3.63) is 23.2 Å². The molecule has 0 bridgehead atoms. The van der Waals surface area contributed by atoms with Crippen LogP contribution in [-0.2, 0) is 0 Å². The second kappa shape index (κ2) is 5.40. The van der Waals surface area contributed by atoms with Crippen LogP contribution in [0.2, 0.25) is 5.02 Å². The summed E-state index contributed by atoms with van der Waals surface area (Å²) in [7, 11) is 0. The largest absolute Gasteiger partial charge is 0.398 e. The molecule has 3 rings (SSSR count). The molecule has 1 heterocycles. The summed E-state index contributed by atoms with van der Waals surface area (Å²) >= 11 is 6.27. The highest BCUT2D eigenvalue weighted by atomic mass is 35.5. The van der Waals surface area contributed by atoms with Gasteiger partial charge in [0.2, 0.25) is 0 Å². The first-order valence-corrected chi connectivity index (χ1v) is 7.38. The van der Waals surface area contributed by atoms with Crippen LogP contribution in [0.15, 0.2) is 18.2 Å². The molecule has 106 valence electrons.